The van der Waals surface area contributed by atoms with Crippen LogP contribution in [0.4, 0.5) is 0 Å². The van der Waals surface area contributed by atoms with E-state index in [1.54, 1.807) is 26.2 Å². The molecule has 0 spiro atoms. The number of fused-ring (bicyclic) bond motifs is 1. The van der Waals surface area contributed by atoms with E-state index in [9.17, 15) is 14.4 Å². The number of nitrogens with zero attached hydrogens (tertiary/aromatic N) is 1. The predicted molar refractivity (Wildman–Crippen MR) is 122 cm³/mol. The number of rotatable bonds is 7. The first-order valence-electron chi connectivity index (χ1n) is 10.8. The summed E-state index contributed by atoms with van der Waals surface area (Å²) in [6, 6.07) is 8.55. The van der Waals surface area contributed by atoms with Crippen molar-refractivity contribution in [3.05, 3.63) is 51.9 Å². The number of piperidine rings is 1. The molecule has 9 nitrogen and oxygen atoms in total. The van der Waals surface area contributed by atoms with Crippen LogP contribution in [0.2, 0.25) is 0 Å². The third-order valence-corrected chi connectivity index (χ3v) is 5.80. The zero-order valence-electron chi connectivity index (χ0n) is 18.7. The average Bonchev–Trinajstić information content (AvgIpc) is 3.13. The Balaban J connectivity index is 1.57. The average molecular weight is 453 g/mol. The van der Waals surface area contributed by atoms with Gasteiger partial charge in [-0.15, -0.1) is 0 Å². The molecule has 1 aromatic carbocycles. The van der Waals surface area contributed by atoms with Crippen LogP contribution in [0.3, 0.4) is 0 Å². The molecule has 0 bridgehead atoms. The SMILES string of the molecule is COc1ccc(-c2oc3c(=O)cc(C)oc3c2CC(=O)NC2CCN(CC(N)=O)CC2)cc1. The van der Waals surface area contributed by atoms with Gasteiger partial charge in [-0.25, -0.2) is 0 Å². The number of hydrogen-bond acceptors (Lipinski definition) is 7. The highest BCUT2D eigenvalue weighted by atomic mass is 16.5. The fourth-order valence-electron chi connectivity index (χ4n) is 4.19. The van der Waals surface area contributed by atoms with Crippen LogP contribution in [0.25, 0.3) is 22.5 Å². The number of methoxy groups -OCH3 is 1. The molecular weight excluding hydrogens is 426 g/mol. The Morgan fingerprint density at radius 2 is 1.85 bits per heavy atom. The monoisotopic (exact) mass is 453 g/mol. The molecular formula is C24H27N3O6. The smallest absolute Gasteiger partial charge is 0.231 e. The van der Waals surface area contributed by atoms with Crippen LogP contribution in [-0.2, 0) is 16.0 Å². The topological polar surface area (TPSA) is 128 Å². The number of furan rings is 1. The van der Waals surface area contributed by atoms with Gasteiger partial charge in [0.2, 0.25) is 22.8 Å². The Hall–Kier alpha value is -3.59. The summed E-state index contributed by atoms with van der Waals surface area (Å²) in [5, 5.41) is 3.06. The molecule has 174 valence electrons. The molecule has 3 N–H and O–H groups in total. The van der Waals surface area contributed by atoms with Crippen molar-refractivity contribution in [2.75, 3.05) is 26.7 Å². The number of nitrogens with two attached hydrogens (primary N) is 1. The van der Waals surface area contributed by atoms with Crippen molar-refractivity contribution in [3.8, 4) is 17.1 Å². The van der Waals surface area contributed by atoms with Crippen LogP contribution in [0.15, 0.2) is 44.0 Å². The summed E-state index contributed by atoms with van der Waals surface area (Å²) in [6.07, 6.45) is 1.46. The molecule has 1 fully saturated rings. The Bertz CT molecular complexity index is 1220. The van der Waals surface area contributed by atoms with E-state index in [2.05, 4.69) is 5.32 Å². The lowest BCUT2D eigenvalue weighted by Gasteiger charge is -2.31. The van der Waals surface area contributed by atoms with E-state index in [-0.39, 0.29) is 47.4 Å². The second-order valence-corrected chi connectivity index (χ2v) is 8.28. The summed E-state index contributed by atoms with van der Waals surface area (Å²) in [5.41, 5.74) is 6.59. The first-order valence-corrected chi connectivity index (χ1v) is 10.8. The van der Waals surface area contributed by atoms with E-state index in [1.807, 2.05) is 17.0 Å². The first-order chi connectivity index (χ1) is 15.8. The number of nitrogens with one attached hydrogen (secondary N) is 1. The molecule has 33 heavy (non-hydrogen) atoms. The highest BCUT2D eigenvalue weighted by Crippen LogP contribution is 2.34. The van der Waals surface area contributed by atoms with Crippen molar-refractivity contribution in [2.24, 2.45) is 5.73 Å². The number of amides is 2. The first kappa shape index (κ1) is 22.6. The molecule has 3 heterocycles. The summed E-state index contributed by atoms with van der Waals surface area (Å²) < 4.78 is 16.9. The summed E-state index contributed by atoms with van der Waals surface area (Å²) in [5.74, 6) is 1.00. The van der Waals surface area contributed by atoms with Gasteiger partial charge < -0.3 is 24.6 Å². The van der Waals surface area contributed by atoms with Gasteiger partial charge in [0.1, 0.15) is 17.3 Å². The zero-order chi connectivity index (χ0) is 23.5. The number of likely N-dealkylation sites (tertiary alicyclic amines) is 1. The van der Waals surface area contributed by atoms with Gasteiger partial charge in [-0.3, -0.25) is 19.3 Å². The number of primary amides is 1. The van der Waals surface area contributed by atoms with Crippen LogP contribution in [0.1, 0.15) is 24.2 Å². The quantitative estimate of drug-likeness (QED) is 0.560. The van der Waals surface area contributed by atoms with Crippen LogP contribution < -0.4 is 21.2 Å². The molecule has 0 saturated carbocycles. The van der Waals surface area contributed by atoms with Crippen molar-refractivity contribution < 1.29 is 23.2 Å². The van der Waals surface area contributed by atoms with Gasteiger partial charge >= 0.3 is 0 Å². The molecule has 2 amide bonds. The van der Waals surface area contributed by atoms with E-state index in [4.69, 9.17) is 19.3 Å². The van der Waals surface area contributed by atoms with E-state index < -0.39 is 0 Å². The van der Waals surface area contributed by atoms with E-state index in [0.717, 1.165) is 12.8 Å². The second kappa shape index (κ2) is 9.50. The Morgan fingerprint density at radius 1 is 1.15 bits per heavy atom. The van der Waals surface area contributed by atoms with Gasteiger partial charge in [-0.05, 0) is 44.0 Å². The van der Waals surface area contributed by atoms with E-state index >= 15 is 0 Å². The molecule has 1 aliphatic rings. The number of aryl methyl sites for hydroxylation is 1. The van der Waals surface area contributed by atoms with Crippen LogP contribution in [-0.4, -0.2) is 49.5 Å². The minimum atomic E-state index is -0.354. The fourth-order valence-corrected chi connectivity index (χ4v) is 4.19. The summed E-state index contributed by atoms with van der Waals surface area (Å²) in [7, 11) is 1.58. The predicted octanol–water partition coefficient (Wildman–Crippen LogP) is 1.98. The van der Waals surface area contributed by atoms with Crippen LogP contribution in [0, 0.1) is 6.92 Å². The highest BCUT2D eigenvalue weighted by Gasteiger charge is 2.25. The number of benzene rings is 1. The largest absolute Gasteiger partial charge is 0.497 e. The normalized spacial score (nSPS) is 15.0. The summed E-state index contributed by atoms with van der Waals surface area (Å²) >= 11 is 0. The maximum atomic E-state index is 13.0. The van der Waals surface area contributed by atoms with E-state index in [1.165, 1.54) is 6.07 Å². The lowest BCUT2D eigenvalue weighted by atomic mass is 10.0. The van der Waals surface area contributed by atoms with Crippen molar-refractivity contribution in [1.29, 1.82) is 0 Å². The number of carbonyl (C=O) groups excluding carboxylic acids is 2. The van der Waals surface area contributed by atoms with Gasteiger partial charge in [-0.2, -0.15) is 0 Å². The van der Waals surface area contributed by atoms with Crippen LogP contribution in [0.5, 0.6) is 5.75 Å². The minimum Gasteiger partial charge on any atom is -0.497 e. The number of ether oxygens (including phenoxy) is 1. The Labute approximate surface area is 190 Å². The van der Waals surface area contributed by atoms with Crippen molar-refractivity contribution in [1.82, 2.24) is 10.2 Å². The lowest BCUT2D eigenvalue weighted by molar-refractivity contribution is -0.122. The third-order valence-electron chi connectivity index (χ3n) is 5.80. The van der Waals surface area contributed by atoms with Gasteiger partial charge in [0.05, 0.1) is 25.6 Å². The standard InChI is InChI=1S/C24H27N3O6/c1-14-11-19(28)24-23(32-14)18(22(33-24)15-3-5-17(31-2)6-4-15)12-21(30)26-16-7-9-27(10-8-16)13-20(25)29/h3-6,11,16H,7-10,12-13H2,1-2H3,(H2,25,29)(H,26,30). The van der Waals surface area contributed by atoms with E-state index in [0.29, 0.717) is 41.5 Å². The number of carbonyl (C=O) groups is 2. The summed E-state index contributed by atoms with van der Waals surface area (Å²) in [6.45, 7) is 3.29. The summed E-state index contributed by atoms with van der Waals surface area (Å²) in [4.78, 5) is 38.5. The van der Waals surface area contributed by atoms with Crippen LogP contribution >= 0.6 is 0 Å². The molecule has 0 atom stereocenters. The molecule has 1 saturated heterocycles. The Kier molecular flexibility index (Phi) is 6.50. The minimum absolute atomic E-state index is 0.00188. The maximum absolute atomic E-state index is 13.0. The van der Waals surface area contributed by atoms with Crippen molar-refractivity contribution in [2.45, 2.75) is 32.2 Å². The Morgan fingerprint density at radius 3 is 2.48 bits per heavy atom. The third kappa shape index (κ3) is 5.09. The molecule has 4 rings (SSSR count). The van der Waals surface area contributed by atoms with Crippen molar-refractivity contribution in [3.63, 3.8) is 0 Å². The molecule has 0 radical (unpaired) electrons. The zero-order valence-corrected chi connectivity index (χ0v) is 18.7. The van der Waals surface area contributed by atoms with Gasteiger partial charge in [0.25, 0.3) is 0 Å². The lowest BCUT2D eigenvalue weighted by Crippen LogP contribution is -2.47. The molecule has 0 unspecified atom stereocenters. The highest BCUT2D eigenvalue weighted by molar-refractivity contribution is 5.90. The molecule has 2 aromatic heterocycles. The maximum Gasteiger partial charge on any atom is 0.231 e. The fraction of sp³-hybridized carbons (Fsp3) is 0.375. The van der Waals surface area contributed by atoms with Gasteiger partial charge in [0, 0.05) is 30.8 Å². The number of hydrogen-bond donors (Lipinski definition) is 2. The van der Waals surface area contributed by atoms with Gasteiger partial charge in [0.15, 0.2) is 5.58 Å². The molecule has 3 aromatic rings. The van der Waals surface area contributed by atoms with Gasteiger partial charge in [-0.1, -0.05) is 0 Å². The molecule has 0 aliphatic carbocycles. The van der Waals surface area contributed by atoms with Crippen molar-refractivity contribution >= 4 is 23.0 Å². The second-order valence-electron chi connectivity index (χ2n) is 8.28. The molecule has 9 heteroatoms. The molecule has 1 aliphatic heterocycles.